The Hall–Kier alpha value is -2.86. The summed E-state index contributed by atoms with van der Waals surface area (Å²) in [5.74, 6) is 1.53. The molecule has 128 valence electrons. The van der Waals surface area contributed by atoms with Crippen molar-refractivity contribution in [2.45, 2.75) is 20.4 Å². The van der Waals surface area contributed by atoms with Crippen LogP contribution in [0.5, 0.6) is 0 Å². The minimum Gasteiger partial charge on any atom is -0.467 e. The van der Waals surface area contributed by atoms with Gasteiger partial charge < -0.3 is 15.1 Å². The Morgan fingerprint density at radius 1 is 1.20 bits per heavy atom. The second kappa shape index (κ2) is 7.36. The number of hydrogen-bond donors (Lipinski definition) is 2. The highest BCUT2D eigenvalue weighted by Crippen LogP contribution is 2.20. The van der Waals surface area contributed by atoms with Gasteiger partial charge in [0.2, 0.25) is 0 Å². The third-order valence-corrected chi connectivity index (χ3v) is 3.77. The van der Waals surface area contributed by atoms with E-state index in [1.807, 2.05) is 19.1 Å². The molecule has 0 unspecified atom stereocenters. The number of carbonyl (C=O) groups is 1. The summed E-state index contributed by atoms with van der Waals surface area (Å²) >= 11 is 5.94. The number of anilines is 2. The number of nitrogens with zero attached hydrogens (tertiary/aromatic N) is 2. The lowest BCUT2D eigenvalue weighted by Crippen LogP contribution is -2.16. The predicted octanol–water partition coefficient (Wildman–Crippen LogP) is 4.20. The minimum atomic E-state index is -0.308. The van der Waals surface area contributed by atoms with Gasteiger partial charge in [0.1, 0.15) is 23.1 Å². The van der Waals surface area contributed by atoms with Crippen LogP contribution in [0.25, 0.3) is 0 Å². The van der Waals surface area contributed by atoms with Gasteiger partial charge in [-0.3, -0.25) is 4.79 Å². The van der Waals surface area contributed by atoms with Crippen LogP contribution in [-0.4, -0.2) is 15.9 Å². The quantitative estimate of drug-likeness (QED) is 0.716. The lowest BCUT2D eigenvalue weighted by molar-refractivity contribution is 0.102. The molecular weight excluding hydrogens is 340 g/mol. The largest absolute Gasteiger partial charge is 0.467 e. The van der Waals surface area contributed by atoms with E-state index in [1.54, 1.807) is 37.5 Å². The molecule has 3 aromatic rings. The summed E-state index contributed by atoms with van der Waals surface area (Å²) in [6, 6.07) is 10.6. The number of halogens is 1. The van der Waals surface area contributed by atoms with E-state index in [0.29, 0.717) is 28.9 Å². The molecule has 25 heavy (non-hydrogen) atoms. The number of aryl methyl sites for hydroxylation is 2. The van der Waals surface area contributed by atoms with E-state index in [4.69, 9.17) is 16.0 Å². The molecular formula is C18H17ClN4O2. The third kappa shape index (κ3) is 4.36. The first-order valence-electron chi connectivity index (χ1n) is 7.71. The number of rotatable bonds is 5. The van der Waals surface area contributed by atoms with Crippen LogP contribution in [0, 0.1) is 13.8 Å². The van der Waals surface area contributed by atoms with Crippen molar-refractivity contribution in [1.29, 1.82) is 0 Å². The fraction of sp³-hybridized carbons (Fsp3) is 0.167. The van der Waals surface area contributed by atoms with E-state index < -0.39 is 0 Å². The predicted molar refractivity (Wildman–Crippen MR) is 96.9 cm³/mol. The molecule has 3 rings (SSSR count). The van der Waals surface area contributed by atoms with Crippen LogP contribution < -0.4 is 10.6 Å². The van der Waals surface area contributed by atoms with Crippen LogP contribution in [-0.2, 0) is 6.54 Å². The number of benzene rings is 1. The molecule has 2 aromatic heterocycles. The number of hydrogen-bond acceptors (Lipinski definition) is 5. The number of carbonyl (C=O) groups excluding carboxylic acids is 1. The van der Waals surface area contributed by atoms with E-state index in [0.717, 1.165) is 11.3 Å². The first-order chi connectivity index (χ1) is 12.0. The van der Waals surface area contributed by atoms with Crippen molar-refractivity contribution in [3.05, 3.63) is 70.5 Å². The molecule has 1 aromatic carbocycles. The van der Waals surface area contributed by atoms with Gasteiger partial charge in [0.15, 0.2) is 0 Å². The van der Waals surface area contributed by atoms with Gasteiger partial charge in [0.25, 0.3) is 5.91 Å². The number of aromatic nitrogens is 2. The van der Waals surface area contributed by atoms with Crippen molar-refractivity contribution < 1.29 is 9.21 Å². The van der Waals surface area contributed by atoms with Gasteiger partial charge in [-0.1, -0.05) is 11.6 Å². The van der Waals surface area contributed by atoms with Crippen molar-refractivity contribution in [3.8, 4) is 0 Å². The highest BCUT2D eigenvalue weighted by atomic mass is 35.5. The van der Waals surface area contributed by atoms with Gasteiger partial charge in [-0.25, -0.2) is 9.97 Å². The molecule has 2 heterocycles. The lowest BCUT2D eigenvalue weighted by Gasteiger charge is -2.10. The highest BCUT2D eigenvalue weighted by Gasteiger charge is 2.12. The van der Waals surface area contributed by atoms with E-state index in [9.17, 15) is 4.79 Å². The van der Waals surface area contributed by atoms with Crippen LogP contribution in [0.4, 0.5) is 11.5 Å². The Bertz CT molecular complexity index is 894. The Labute approximate surface area is 150 Å². The normalized spacial score (nSPS) is 10.5. The minimum absolute atomic E-state index is 0.281. The molecule has 1 amide bonds. The van der Waals surface area contributed by atoms with Crippen molar-refractivity contribution in [1.82, 2.24) is 9.97 Å². The van der Waals surface area contributed by atoms with E-state index in [2.05, 4.69) is 20.6 Å². The zero-order valence-electron chi connectivity index (χ0n) is 13.8. The summed E-state index contributed by atoms with van der Waals surface area (Å²) in [6.45, 7) is 4.09. The molecule has 0 bridgehead atoms. The molecule has 0 fully saturated rings. The Morgan fingerprint density at radius 2 is 2.04 bits per heavy atom. The van der Waals surface area contributed by atoms with Gasteiger partial charge in [0.05, 0.1) is 12.8 Å². The number of amides is 1. The fourth-order valence-electron chi connectivity index (χ4n) is 2.32. The van der Waals surface area contributed by atoms with Gasteiger partial charge in [-0.05, 0) is 49.7 Å². The third-order valence-electron chi connectivity index (χ3n) is 3.53. The Kier molecular flexibility index (Phi) is 5.00. The van der Waals surface area contributed by atoms with Crippen LogP contribution in [0.1, 0.15) is 27.6 Å². The van der Waals surface area contributed by atoms with Gasteiger partial charge in [-0.15, -0.1) is 0 Å². The molecule has 0 aliphatic carbocycles. The summed E-state index contributed by atoms with van der Waals surface area (Å²) in [7, 11) is 0. The Morgan fingerprint density at radius 3 is 2.76 bits per heavy atom. The number of furan rings is 1. The first kappa shape index (κ1) is 17.0. The lowest BCUT2D eigenvalue weighted by atomic mass is 10.2. The monoisotopic (exact) mass is 356 g/mol. The summed E-state index contributed by atoms with van der Waals surface area (Å²) < 4.78 is 5.27. The van der Waals surface area contributed by atoms with Crippen molar-refractivity contribution in [2.75, 3.05) is 10.6 Å². The molecule has 0 aliphatic rings. The second-order valence-electron chi connectivity index (χ2n) is 5.53. The van der Waals surface area contributed by atoms with Crippen LogP contribution in [0.3, 0.4) is 0 Å². The van der Waals surface area contributed by atoms with Crippen molar-refractivity contribution in [2.24, 2.45) is 0 Å². The van der Waals surface area contributed by atoms with Gasteiger partial charge >= 0.3 is 0 Å². The SMILES string of the molecule is Cc1nc(NCc2ccco2)cc(C(=O)Nc2ccc(Cl)cc2C)n1. The van der Waals surface area contributed by atoms with Gasteiger partial charge in [0, 0.05) is 16.8 Å². The first-order valence-corrected chi connectivity index (χ1v) is 8.08. The highest BCUT2D eigenvalue weighted by molar-refractivity contribution is 6.30. The molecule has 2 N–H and O–H groups in total. The molecule has 0 spiro atoms. The standard InChI is InChI=1S/C18H17ClN4O2/c1-11-8-13(19)5-6-15(11)23-18(24)16-9-17(22-12(2)21-16)20-10-14-4-3-7-25-14/h3-9H,10H2,1-2H3,(H,23,24)(H,20,21,22). The van der Waals surface area contributed by atoms with Gasteiger partial charge in [-0.2, -0.15) is 0 Å². The Balaban J connectivity index is 1.75. The fourth-order valence-corrected chi connectivity index (χ4v) is 2.55. The van der Waals surface area contributed by atoms with Crippen molar-refractivity contribution >= 4 is 29.0 Å². The maximum absolute atomic E-state index is 12.5. The van der Waals surface area contributed by atoms with Crippen LogP contribution >= 0.6 is 11.6 Å². The zero-order valence-corrected chi connectivity index (χ0v) is 14.6. The maximum atomic E-state index is 12.5. The summed E-state index contributed by atoms with van der Waals surface area (Å²) in [5.41, 5.74) is 1.85. The van der Waals surface area contributed by atoms with Crippen LogP contribution in [0.2, 0.25) is 5.02 Å². The molecule has 7 heteroatoms. The topological polar surface area (TPSA) is 80.0 Å². The van der Waals surface area contributed by atoms with Crippen LogP contribution in [0.15, 0.2) is 47.1 Å². The molecule has 0 saturated carbocycles. The van der Waals surface area contributed by atoms with E-state index in [1.165, 1.54) is 0 Å². The smallest absolute Gasteiger partial charge is 0.274 e. The average molecular weight is 357 g/mol. The molecule has 0 aliphatic heterocycles. The van der Waals surface area contributed by atoms with E-state index in [-0.39, 0.29) is 11.6 Å². The molecule has 0 radical (unpaired) electrons. The summed E-state index contributed by atoms with van der Waals surface area (Å²) in [5, 5.41) is 6.59. The van der Waals surface area contributed by atoms with E-state index >= 15 is 0 Å². The summed E-state index contributed by atoms with van der Waals surface area (Å²) in [6.07, 6.45) is 1.61. The zero-order chi connectivity index (χ0) is 17.8. The summed E-state index contributed by atoms with van der Waals surface area (Å²) in [4.78, 5) is 21.0. The second-order valence-corrected chi connectivity index (χ2v) is 5.97. The number of nitrogens with one attached hydrogen (secondary N) is 2. The maximum Gasteiger partial charge on any atom is 0.274 e. The molecule has 0 atom stereocenters. The average Bonchev–Trinajstić information content (AvgIpc) is 3.08. The molecule has 6 nitrogen and oxygen atoms in total. The molecule has 0 saturated heterocycles. The van der Waals surface area contributed by atoms with Crippen molar-refractivity contribution in [3.63, 3.8) is 0 Å².